The zero-order chi connectivity index (χ0) is 29.8. The number of allylic oxidation sites excluding steroid dienone is 1. The topological polar surface area (TPSA) is 70.0 Å². The first-order chi connectivity index (χ1) is 21.0. The van der Waals surface area contributed by atoms with E-state index < -0.39 is 0 Å². The number of aryl methyl sites for hydroxylation is 1. The number of rotatable bonds is 9. The van der Waals surface area contributed by atoms with Gasteiger partial charge in [0, 0.05) is 52.3 Å². The number of likely N-dealkylation sites (tertiary alicyclic amines) is 1. The Morgan fingerprint density at radius 1 is 0.864 bits per heavy atom. The third-order valence-corrected chi connectivity index (χ3v) is 8.47. The number of phenols is 2. The summed E-state index contributed by atoms with van der Waals surface area (Å²) in [5, 5.41) is 20.9. The molecule has 44 heavy (non-hydrogen) atoms. The Balaban J connectivity index is 0.00000384. The number of hydrogen-bond donors (Lipinski definition) is 2. The number of phenolic OH excluding ortho intramolecular Hbond substituents is 2. The first-order valence-electron chi connectivity index (χ1n) is 14.9. The molecule has 6 rings (SSSR count). The Labute approximate surface area is 272 Å². The van der Waals surface area contributed by atoms with E-state index in [2.05, 4.69) is 35.2 Å². The molecule has 0 bridgehead atoms. The summed E-state index contributed by atoms with van der Waals surface area (Å²) in [7, 11) is 0. The van der Waals surface area contributed by atoms with Gasteiger partial charge in [0.05, 0.1) is 13.0 Å². The van der Waals surface area contributed by atoms with Crippen LogP contribution < -0.4 is 4.74 Å². The van der Waals surface area contributed by atoms with Crippen molar-refractivity contribution in [2.45, 2.75) is 38.2 Å². The van der Waals surface area contributed by atoms with Crippen molar-refractivity contribution < 1.29 is 45.2 Å². The number of fused-ring (bicyclic) bond motifs is 1. The van der Waals surface area contributed by atoms with Gasteiger partial charge in [-0.15, -0.1) is 12.1 Å². The molecule has 1 atom stereocenters. The second-order valence-corrected chi connectivity index (χ2v) is 11.4. The number of nitrogens with zero attached hydrogens (tertiary/aromatic N) is 1. The van der Waals surface area contributed by atoms with Crippen LogP contribution in [0.5, 0.6) is 17.2 Å². The Morgan fingerprint density at radius 2 is 1.59 bits per heavy atom. The molecule has 0 amide bonds. The van der Waals surface area contributed by atoms with Crippen LogP contribution in [0.3, 0.4) is 0 Å². The molecule has 2 aliphatic rings. The summed E-state index contributed by atoms with van der Waals surface area (Å²) >= 11 is 0. The molecule has 4 aromatic carbocycles. The monoisotopic (exact) mass is 674 g/mol. The van der Waals surface area contributed by atoms with Crippen molar-refractivity contribution in [3.63, 3.8) is 0 Å². The molecule has 0 spiro atoms. The van der Waals surface area contributed by atoms with Crippen molar-refractivity contribution >= 4 is 17.4 Å². The second kappa shape index (κ2) is 14.4. The van der Waals surface area contributed by atoms with Crippen molar-refractivity contribution in [3.05, 3.63) is 113 Å². The number of aromatic hydroxyl groups is 2. The van der Waals surface area contributed by atoms with E-state index in [0.717, 1.165) is 84.5 Å². The van der Waals surface area contributed by atoms with Crippen LogP contribution >= 0.6 is 0 Å². The minimum atomic E-state index is -0.291. The van der Waals surface area contributed by atoms with E-state index in [0.29, 0.717) is 17.5 Å². The van der Waals surface area contributed by atoms with Gasteiger partial charge in [-0.1, -0.05) is 30.3 Å². The maximum Gasteiger partial charge on any atom is 0.126 e. The van der Waals surface area contributed by atoms with E-state index in [1.807, 2.05) is 30.6 Å². The Kier molecular flexibility index (Phi) is 10.3. The molecule has 5 nitrogen and oxygen atoms in total. The number of benzene rings is 4. The standard InChI is InChI=1S/C37H35FNO4.Mo/c38-18-2-19-39-20-17-32(23-39)43-31-13-9-27(10-14-31)37-33-15-11-28(26-7-5-25(24-40)6-8-26)21-29(33)3-1-4-35(37)34-16-12-30(41)22-36(34)42;/h5-16,21-22,32,41-42H,1-4,17-20,23H2;/q-1;. The van der Waals surface area contributed by atoms with E-state index in [1.165, 1.54) is 11.6 Å². The van der Waals surface area contributed by atoms with Crippen LogP contribution in [-0.2, 0) is 32.3 Å². The second-order valence-electron chi connectivity index (χ2n) is 11.4. The van der Waals surface area contributed by atoms with Crippen molar-refractivity contribution in [1.82, 2.24) is 4.90 Å². The number of ether oxygens (including phenoxy) is 1. The van der Waals surface area contributed by atoms with Crippen molar-refractivity contribution in [2.24, 2.45) is 0 Å². The summed E-state index contributed by atoms with van der Waals surface area (Å²) in [6.45, 7) is 2.21. The molecule has 1 aliphatic carbocycles. The summed E-state index contributed by atoms with van der Waals surface area (Å²) in [6.07, 6.45) is 6.04. The van der Waals surface area contributed by atoms with Gasteiger partial charge in [0.15, 0.2) is 0 Å². The van der Waals surface area contributed by atoms with Gasteiger partial charge in [0.25, 0.3) is 0 Å². The molecule has 1 fully saturated rings. The first-order valence-corrected chi connectivity index (χ1v) is 14.9. The van der Waals surface area contributed by atoms with Crippen LogP contribution in [0.1, 0.15) is 53.5 Å². The van der Waals surface area contributed by atoms with Crippen molar-refractivity contribution in [3.8, 4) is 28.4 Å². The fourth-order valence-electron chi connectivity index (χ4n) is 6.34. The van der Waals surface area contributed by atoms with E-state index in [1.54, 1.807) is 24.3 Å². The molecular weight excluding hydrogens is 637 g/mol. The van der Waals surface area contributed by atoms with E-state index in [4.69, 9.17) is 4.74 Å². The number of halogens is 1. The summed E-state index contributed by atoms with van der Waals surface area (Å²) in [4.78, 5) is 13.3. The van der Waals surface area contributed by atoms with Gasteiger partial charge in [-0.3, -0.25) is 9.29 Å². The van der Waals surface area contributed by atoms with Gasteiger partial charge in [-0.05, 0) is 95.3 Å². The summed E-state index contributed by atoms with van der Waals surface area (Å²) < 4.78 is 18.9. The third kappa shape index (κ3) is 6.98. The van der Waals surface area contributed by atoms with Crippen LogP contribution in [-0.4, -0.2) is 53.8 Å². The Bertz CT molecular complexity index is 1630. The molecule has 4 aromatic rings. The van der Waals surface area contributed by atoms with E-state index in [9.17, 15) is 19.4 Å². The Hall–Kier alpha value is -3.73. The molecule has 2 N–H and O–H groups in total. The van der Waals surface area contributed by atoms with Gasteiger partial charge in [0.2, 0.25) is 0 Å². The fourth-order valence-corrected chi connectivity index (χ4v) is 6.34. The summed E-state index contributed by atoms with van der Waals surface area (Å²) in [5.74, 6) is 0.881. The SMILES string of the molecule is O=[C-]c1ccc(-c2ccc3c(c2)CCCC(c2ccc(O)cc2O)=C3c2ccc(OC3CCN(CCCF)C3)cc2)cc1.[Mo]. The van der Waals surface area contributed by atoms with Crippen LogP contribution in [0.2, 0.25) is 0 Å². The van der Waals surface area contributed by atoms with E-state index >= 15 is 0 Å². The van der Waals surface area contributed by atoms with E-state index in [-0.39, 0.29) is 45.3 Å². The minimum absolute atomic E-state index is 0. The average molecular weight is 673 g/mol. The minimum Gasteiger partial charge on any atom is -0.508 e. The molecule has 1 heterocycles. The van der Waals surface area contributed by atoms with Crippen LogP contribution in [0.4, 0.5) is 4.39 Å². The predicted octanol–water partition coefficient (Wildman–Crippen LogP) is 7.33. The molecule has 0 radical (unpaired) electrons. The molecule has 1 unspecified atom stereocenters. The zero-order valence-electron chi connectivity index (χ0n) is 24.5. The first kappa shape index (κ1) is 31.7. The van der Waals surface area contributed by atoms with Gasteiger partial charge in [0.1, 0.15) is 23.4 Å². The fraction of sp³-hybridized carbons (Fsp3) is 0.270. The molecule has 1 aliphatic heterocycles. The Morgan fingerprint density at radius 3 is 2.32 bits per heavy atom. The van der Waals surface area contributed by atoms with Gasteiger partial charge >= 0.3 is 0 Å². The van der Waals surface area contributed by atoms with Gasteiger partial charge in [-0.25, -0.2) is 0 Å². The number of hydrogen-bond acceptors (Lipinski definition) is 5. The zero-order valence-corrected chi connectivity index (χ0v) is 26.5. The maximum absolute atomic E-state index is 12.6. The largest absolute Gasteiger partial charge is 0.508 e. The summed E-state index contributed by atoms with van der Waals surface area (Å²) in [5.41, 5.74) is 8.77. The summed E-state index contributed by atoms with van der Waals surface area (Å²) in [6, 6.07) is 26.9. The number of alkyl halides is 1. The molecule has 1 saturated heterocycles. The van der Waals surface area contributed by atoms with Crippen molar-refractivity contribution in [1.29, 1.82) is 0 Å². The smallest absolute Gasteiger partial charge is 0.126 e. The van der Waals surface area contributed by atoms with Crippen molar-refractivity contribution in [2.75, 3.05) is 26.3 Å². The normalized spacial score (nSPS) is 16.6. The molecule has 0 saturated carbocycles. The van der Waals surface area contributed by atoms with Crippen LogP contribution in [0.15, 0.2) is 84.9 Å². The van der Waals surface area contributed by atoms with Crippen LogP contribution in [0.25, 0.3) is 22.3 Å². The van der Waals surface area contributed by atoms with Crippen LogP contribution in [0, 0.1) is 0 Å². The molecule has 7 heteroatoms. The molecule has 0 aromatic heterocycles. The molecular formula is C37H35FMoNO4-. The third-order valence-electron chi connectivity index (χ3n) is 8.47. The van der Waals surface area contributed by atoms with Gasteiger partial charge < -0.3 is 19.7 Å². The quantitative estimate of drug-likeness (QED) is 0.144. The average Bonchev–Trinajstić information content (AvgIpc) is 3.39. The number of carbonyl (C=O) groups excluding carboxylic acids is 1. The van der Waals surface area contributed by atoms with Gasteiger partial charge in [-0.2, -0.15) is 17.7 Å². The molecule has 226 valence electrons. The predicted molar refractivity (Wildman–Crippen MR) is 168 cm³/mol. The maximum atomic E-state index is 12.6.